The molecule has 0 saturated carbocycles. The number of ketones is 1. The third kappa shape index (κ3) is 10.8. The van der Waals surface area contributed by atoms with Gasteiger partial charge in [0.2, 0.25) is 5.79 Å². The van der Waals surface area contributed by atoms with Crippen LogP contribution in [-0.2, 0) is 28.6 Å². The zero-order valence-corrected chi connectivity index (χ0v) is 28.2. The summed E-state index contributed by atoms with van der Waals surface area (Å²) in [6.45, 7) is 13.0. The van der Waals surface area contributed by atoms with E-state index in [2.05, 4.69) is 13.5 Å². The average Bonchev–Trinajstić information content (AvgIpc) is 2.99. The van der Waals surface area contributed by atoms with Crippen LogP contribution in [0.2, 0.25) is 0 Å². The number of cyclic esters (lactones) is 1. The fourth-order valence-corrected chi connectivity index (χ4v) is 6.41. The Bertz CT molecular complexity index is 1090. The van der Waals surface area contributed by atoms with Gasteiger partial charge in [-0.2, -0.15) is 0 Å². The number of piperidine rings is 1. The summed E-state index contributed by atoms with van der Waals surface area (Å²) < 4.78 is 17.2. The van der Waals surface area contributed by atoms with Gasteiger partial charge in [0.25, 0.3) is 11.7 Å². The maximum atomic E-state index is 13.5. The van der Waals surface area contributed by atoms with Crippen LogP contribution in [0, 0.1) is 23.2 Å². The lowest BCUT2D eigenvalue weighted by Crippen LogP contribution is -2.58. The average molecular weight is 637 g/mol. The number of allylic oxidation sites excluding steroid dienone is 2. The van der Waals surface area contributed by atoms with Gasteiger partial charge in [-0.05, 0) is 70.3 Å². The summed E-state index contributed by atoms with van der Waals surface area (Å²) >= 11 is 0. The molecule has 2 aliphatic rings. The minimum atomic E-state index is -2.99. The number of hydrogen-bond donors (Lipinski definition) is 4. The highest BCUT2D eigenvalue weighted by atomic mass is 16.5. The third-order valence-corrected chi connectivity index (χ3v) is 9.36. The van der Waals surface area contributed by atoms with Crippen molar-refractivity contribution in [3.63, 3.8) is 0 Å². The fourth-order valence-electron chi connectivity index (χ4n) is 6.41. The first-order valence-electron chi connectivity index (χ1n) is 16.1. The van der Waals surface area contributed by atoms with Crippen LogP contribution in [0.1, 0.15) is 92.4 Å². The molecule has 0 aromatic carbocycles. The monoisotopic (exact) mass is 636 g/mol. The van der Waals surface area contributed by atoms with Gasteiger partial charge in [-0.3, -0.25) is 9.59 Å². The Morgan fingerprint density at radius 1 is 1.04 bits per heavy atom. The number of methoxy groups -OCH3 is 2. The molecule has 2 rings (SSSR count). The predicted octanol–water partition coefficient (Wildman–Crippen LogP) is 3.72. The van der Waals surface area contributed by atoms with Crippen molar-refractivity contribution in [1.82, 2.24) is 4.90 Å². The van der Waals surface area contributed by atoms with Gasteiger partial charge < -0.3 is 39.8 Å². The van der Waals surface area contributed by atoms with Crippen molar-refractivity contribution in [2.75, 3.05) is 20.8 Å². The molecular formula is C34H56N2O9. The molecule has 8 atom stereocenters. The number of nitrogens with one attached hydrogen (secondary N) is 1. The number of aliphatic hydroxyl groups is 3. The number of hydrogen-bond acceptors (Lipinski definition) is 10. The molecule has 1 amide bonds. The summed E-state index contributed by atoms with van der Waals surface area (Å²) in [6, 6.07) is -1.11. The van der Waals surface area contributed by atoms with E-state index < -0.39 is 59.6 Å². The second-order valence-corrected chi connectivity index (χ2v) is 13.4. The van der Waals surface area contributed by atoms with Crippen molar-refractivity contribution in [1.29, 1.82) is 5.41 Å². The van der Waals surface area contributed by atoms with Crippen molar-refractivity contribution in [2.24, 2.45) is 17.8 Å². The van der Waals surface area contributed by atoms with Crippen molar-refractivity contribution in [3.05, 3.63) is 23.8 Å². The van der Waals surface area contributed by atoms with E-state index in [0.29, 0.717) is 43.4 Å². The minimum Gasteiger partial charge on any atom is -0.456 e. The van der Waals surface area contributed by atoms with Crippen molar-refractivity contribution >= 4 is 23.4 Å². The molecule has 45 heavy (non-hydrogen) atoms. The van der Waals surface area contributed by atoms with Crippen LogP contribution in [0.25, 0.3) is 0 Å². The van der Waals surface area contributed by atoms with Gasteiger partial charge in [-0.25, -0.2) is 4.79 Å². The number of aliphatic hydroxyl groups excluding tert-OH is 1. The molecule has 2 aliphatic heterocycles. The molecule has 1 fully saturated rings. The van der Waals surface area contributed by atoms with Gasteiger partial charge >= 0.3 is 5.97 Å². The molecule has 0 bridgehead atoms. The maximum absolute atomic E-state index is 13.5. The zero-order chi connectivity index (χ0) is 34.1. The molecule has 1 saturated heterocycles. The molecule has 4 N–H and O–H groups in total. The van der Waals surface area contributed by atoms with E-state index in [-0.39, 0.29) is 37.8 Å². The lowest BCUT2D eigenvalue weighted by atomic mass is 9.87. The van der Waals surface area contributed by atoms with Crippen LogP contribution in [0.15, 0.2) is 23.8 Å². The Morgan fingerprint density at radius 2 is 1.67 bits per heavy atom. The van der Waals surface area contributed by atoms with E-state index in [1.807, 2.05) is 13.0 Å². The molecule has 0 spiro atoms. The van der Waals surface area contributed by atoms with Gasteiger partial charge in [0.15, 0.2) is 0 Å². The van der Waals surface area contributed by atoms with Crippen molar-refractivity contribution in [2.45, 2.75) is 129 Å². The highest BCUT2D eigenvalue weighted by Crippen LogP contribution is 2.30. The van der Waals surface area contributed by atoms with Gasteiger partial charge in [0, 0.05) is 51.2 Å². The fraction of sp³-hybridized carbons (Fsp3) is 0.765. The Balaban J connectivity index is 2.45. The number of nitrogens with zero attached hydrogens (tertiary/aromatic N) is 1. The molecule has 256 valence electrons. The Kier molecular flexibility index (Phi) is 15.0. The first-order valence-corrected chi connectivity index (χ1v) is 16.1. The van der Waals surface area contributed by atoms with Crippen LogP contribution >= 0.6 is 0 Å². The molecule has 11 nitrogen and oxygen atoms in total. The van der Waals surface area contributed by atoms with Gasteiger partial charge in [0.1, 0.15) is 12.1 Å². The van der Waals surface area contributed by atoms with Gasteiger partial charge in [-0.15, -0.1) is 0 Å². The van der Waals surface area contributed by atoms with Crippen molar-refractivity contribution < 1.29 is 43.9 Å². The number of carbonyl (C=O) groups excluding carboxylic acids is 3. The number of esters is 1. The molecule has 2 heterocycles. The Labute approximate surface area is 268 Å². The smallest absolute Gasteiger partial charge is 0.329 e. The molecule has 0 radical (unpaired) electrons. The van der Waals surface area contributed by atoms with E-state index in [9.17, 15) is 29.7 Å². The predicted molar refractivity (Wildman–Crippen MR) is 171 cm³/mol. The highest BCUT2D eigenvalue weighted by Gasteiger charge is 2.48. The molecule has 0 unspecified atom stereocenters. The summed E-state index contributed by atoms with van der Waals surface area (Å²) in [5.41, 5.74) is 1.94. The second kappa shape index (κ2) is 17.5. The van der Waals surface area contributed by atoms with E-state index in [1.165, 1.54) is 14.0 Å². The maximum Gasteiger partial charge on any atom is 0.329 e. The SMILES string of the molecule is C=C(C)[C@H]1OC(=O)[C@@H]2CCCCN2C(=O)C(=O)C(O)(O)[C@H](C)C[C@H](OC)C[C@@H](OC)C[C@@H](C)C/C(C)=C/CC(=N)C[C@H](O)[C@H]1C. The van der Waals surface area contributed by atoms with E-state index in [1.54, 1.807) is 21.0 Å². The van der Waals surface area contributed by atoms with Crippen molar-refractivity contribution in [3.8, 4) is 0 Å². The second-order valence-electron chi connectivity index (χ2n) is 13.4. The van der Waals surface area contributed by atoms with Gasteiger partial charge in [-0.1, -0.05) is 39.0 Å². The normalized spacial score (nSPS) is 35.2. The number of ether oxygens (including phenoxy) is 3. The van der Waals surface area contributed by atoms with E-state index in [0.717, 1.165) is 16.9 Å². The topological polar surface area (TPSA) is 167 Å². The quantitative estimate of drug-likeness (QED) is 0.156. The summed E-state index contributed by atoms with van der Waals surface area (Å²) in [6.07, 6.45) is 3.25. The summed E-state index contributed by atoms with van der Waals surface area (Å²) in [5, 5.41) is 41.5. The molecule has 0 aromatic rings. The summed E-state index contributed by atoms with van der Waals surface area (Å²) in [4.78, 5) is 41.3. The lowest BCUT2D eigenvalue weighted by Gasteiger charge is -2.37. The van der Waals surface area contributed by atoms with Crippen LogP contribution in [0.5, 0.6) is 0 Å². The molecule has 0 aliphatic carbocycles. The lowest BCUT2D eigenvalue weighted by molar-refractivity contribution is -0.208. The number of amides is 1. The number of fused-ring (bicyclic) bond motifs is 1. The van der Waals surface area contributed by atoms with Crippen LogP contribution in [-0.4, -0.2) is 101 Å². The minimum absolute atomic E-state index is 0.0726. The summed E-state index contributed by atoms with van der Waals surface area (Å²) in [7, 11) is 3.12. The zero-order valence-electron chi connectivity index (χ0n) is 28.2. The highest BCUT2D eigenvalue weighted by molar-refractivity contribution is 6.39. The standard InChI is InChI=1S/C34H56N2O9/c1-20(2)30-24(6)29(37)18-25(35)13-12-21(3)15-22(4)16-26(43-7)19-27(44-8)17-23(5)34(41,42)31(38)32(39)36-14-10-9-11-28(36)33(40)45-30/h12,22-24,26-30,35,37,41-42H,1,9-11,13-19H2,2-8H3/b21-12+,35-25?/t22-,23+,24+,26-,27-,28-,29-,30+/m0/s1. The summed E-state index contributed by atoms with van der Waals surface area (Å²) in [5.74, 6) is -7.77. The Morgan fingerprint density at radius 3 is 2.27 bits per heavy atom. The van der Waals surface area contributed by atoms with Crippen LogP contribution in [0.4, 0.5) is 0 Å². The first kappa shape index (κ1) is 38.7. The Hall–Kier alpha value is -2.44. The molecule has 11 heteroatoms. The molecule has 0 aromatic heterocycles. The largest absolute Gasteiger partial charge is 0.456 e. The third-order valence-electron chi connectivity index (χ3n) is 9.36. The van der Waals surface area contributed by atoms with Gasteiger partial charge in [0.05, 0.1) is 18.3 Å². The molecular weight excluding hydrogens is 580 g/mol. The number of rotatable bonds is 3. The first-order chi connectivity index (χ1) is 21.0. The number of carbonyl (C=O) groups is 3. The van der Waals surface area contributed by atoms with E-state index in [4.69, 9.17) is 19.6 Å². The van der Waals surface area contributed by atoms with Crippen LogP contribution < -0.4 is 0 Å². The van der Waals surface area contributed by atoms with Crippen LogP contribution in [0.3, 0.4) is 0 Å². The van der Waals surface area contributed by atoms with E-state index >= 15 is 0 Å². The number of Topliss-reactive ketones (excluding diaryl/α,β-unsaturated/α-hetero) is 1.